The van der Waals surface area contributed by atoms with E-state index in [0.717, 1.165) is 12.8 Å². The van der Waals surface area contributed by atoms with Gasteiger partial charge in [0.2, 0.25) is 0 Å². The molecule has 4 nitrogen and oxygen atoms in total. The molecule has 0 N–H and O–H groups in total. The standard InChI is InChI=1S/2C16H36N.C4H9O.CN/c2*1-5-9-13-17(14-10-6-2,15-11-7-3)16-12-8-4;1-2-3-4-5;1-2/h2*5-16H2,1-4H3;2-4H2,1H3;/q2*+1;2*-1. The fourth-order valence-corrected chi connectivity index (χ4v) is 5.43. The number of hydrogen-bond donors (Lipinski definition) is 0. The first-order valence-corrected chi connectivity index (χ1v) is 18.4. The molecule has 0 saturated carbocycles. The van der Waals surface area contributed by atoms with Crippen molar-refractivity contribution >= 4 is 0 Å². The van der Waals surface area contributed by atoms with E-state index in [1.807, 2.05) is 6.92 Å². The van der Waals surface area contributed by atoms with Crippen LogP contribution in [-0.2, 0) is 0 Å². The van der Waals surface area contributed by atoms with E-state index in [1.54, 1.807) is 0 Å². The van der Waals surface area contributed by atoms with Gasteiger partial charge in [-0.3, -0.25) is 0 Å². The van der Waals surface area contributed by atoms with Crippen molar-refractivity contribution in [3.05, 3.63) is 6.57 Å². The number of rotatable bonds is 26. The third kappa shape index (κ3) is 32.1. The van der Waals surface area contributed by atoms with Gasteiger partial charge in [0.25, 0.3) is 0 Å². The third-order valence-electron chi connectivity index (χ3n) is 8.39. The molecule has 0 aromatic heterocycles. The minimum absolute atomic E-state index is 0.0938. The third-order valence-corrected chi connectivity index (χ3v) is 8.39. The van der Waals surface area contributed by atoms with Gasteiger partial charge in [0, 0.05) is 0 Å². The maximum absolute atomic E-state index is 9.53. The van der Waals surface area contributed by atoms with Crippen molar-refractivity contribution in [1.82, 2.24) is 0 Å². The molecule has 0 aliphatic rings. The van der Waals surface area contributed by atoms with Crippen molar-refractivity contribution in [2.75, 3.05) is 59.0 Å². The average molecular weight is 584 g/mol. The average Bonchev–Trinajstić information content (AvgIpc) is 3.01. The van der Waals surface area contributed by atoms with Crippen LogP contribution in [0.2, 0.25) is 0 Å². The van der Waals surface area contributed by atoms with Crippen LogP contribution in [0.5, 0.6) is 0 Å². The monoisotopic (exact) mass is 584 g/mol. The largest absolute Gasteiger partial charge is 0.854 e. The Hall–Kier alpha value is -0.630. The van der Waals surface area contributed by atoms with E-state index in [2.05, 4.69) is 55.4 Å². The zero-order valence-corrected chi connectivity index (χ0v) is 30.3. The molecular formula is C37H81N3O. The molecule has 0 amide bonds. The Labute approximate surface area is 262 Å². The second-order valence-corrected chi connectivity index (χ2v) is 12.4. The summed E-state index contributed by atoms with van der Waals surface area (Å²) in [5.74, 6) is 0. The highest BCUT2D eigenvalue weighted by Gasteiger charge is 2.25. The predicted molar refractivity (Wildman–Crippen MR) is 183 cm³/mol. The normalized spacial score (nSPS) is 11.0. The molecule has 0 fully saturated rings. The van der Waals surface area contributed by atoms with Crippen LogP contribution < -0.4 is 5.11 Å². The van der Waals surface area contributed by atoms with Crippen LogP contribution in [0.4, 0.5) is 0 Å². The predicted octanol–water partition coefficient (Wildman–Crippen LogP) is 10.3. The Morgan fingerprint density at radius 3 is 0.561 bits per heavy atom. The van der Waals surface area contributed by atoms with Crippen molar-refractivity contribution in [1.29, 1.82) is 5.26 Å². The zero-order valence-electron chi connectivity index (χ0n) is 30.3. The minimum atomic E-state index is 0.0938. The highest BCUT2D eigenvalue weighted by molar-refractivity contribution is 4.50. The molecule has 0 rings (SSSR count). The summed E-state index contributed by atoms with van der Waals surface area (Å²) in [4.78, 5) is 0. The molecule has 0 saturated heterocycles. The summed E-state index contributed by atoms with van der Waals surface area (Å²) < 4.78 is 2.84. The second-order valence-electron chi connectivity index (χ2n) is 12.4. The van der Waals surface area contributed by atoms with Crippen LogP contribution in [-0.4, -0.2) is 67.9 Å². The Balaban J connectivity index is -0.000000272. The highest BCUT2D eigenvalue weighted by Crippen LogP contribution is 2.17. The Morgan fingerprint density at radius 2 is 0.488 bits per heavy atom. The van der Waals surface area contributed by atoms with Crippen LogP contribution in [0, 0.1) is 11.8 Å². The summed E-state index contributed by atoms with van der Waals surface area (Å²) in [7, 11) is 0. The fourth-order valence-electron chi connectivity index (χ4n) is 5.43. The first-order chi connectivity index (χ1) is 19.9. The SMILES string of the molecule is CCCC[N+](CCCC)(CCCC)CCCC.CCCC[N+](CCCC)(CCCC)CCCC.CCCC[O-].[C-]#N. The molecule has 0 spiro atoms. The molecule has 0 aliphatic carbocycles. The first kappa shape index (κ1) is 47.3. The van der Waals surface area contributed by atoms with E-state index in [1.165, 1.54) is 164 Å². The van der Waals surface area contributed by atoms with E-state index in [4.69, 9.17) is 11.8 Å². The van der Waals surface area contributed by atoms with Gasteiger partial charge in [-0.05, 0) is 51.4 Å². The van der Waals surface area contributed by atoms with Gasteiger partial charge < -0.3 is 25.9 Å². The van der Waals surface area contributed by atoms with Gasteiger partial charge in [-0.15, -0.1) is 6.61 Å². The Bertz CT molecular complexity index is 353. The molecule has 0 aliphatic heterocycles. The van der Waals surface area contributed by atoms with Crippen LogP contribution in [0.15, 0.2) is 0 Å². The summed E-state index contributed by atoms with van der Waals surface area (Å²) in [6, 6.07) is 0. The summed E-state index contributed by atoms with van der Waals surface area (Å²) in [5, 5.41) is 15.8. The molecule has 0 radical (unpaired) electrons. The van der Waals surface area contributed by atoms with Crippen LogP contribution in [0.3, 0.4) is 0 Å². The van der Waals surface area contributed by atoms with Gasteiger partial charge in [-0.2, -0.15) is 0 Å². The molecule has 0 aromatic carbocycles. The topological polar surface area (TPSA) is 46.8 Å². The molecular weight excluding hydrogens is 502 g/mol. The molecule has 250 valence electrons. The molecule has 0 unspecified atom stereocenters. The lowest BCUT2D eigenvalue weighted by Crippen LogP contribution is -2.50. The summed E-state index contributed by atoms with van der Waals surface area (Å²) >= 11 is 0. The lowest BCUT2D eigenvalue weighted by molar-refractivity contribution is -0.929. The smallest absolute Gasteiger partial charge is 0.0786 e. The van der Waals surface area contributed by atoms with Crippen molar-refractivity contribution in [3.8, 4) is 0 Å². The van der Waals surface area contributed by atoms with Gasteiger partial charge >= 0.3 is 0 Å². The highest BCUT2D eigenvalue weighted by atomic mass is 16.2. The second kappa shape index (κ2) is 39.4. The van der Waals surface area contributed by atoms with Gasteiger partial charge in [0.05, 0.1) is 52.4 Å². The molecule has 0 aromatic rings. The molecule has 41 heavy (non-hydrogen) atoms. The summed E-state index contributed by atoms with van der Waals surface area (Å²) in [6.07, 6.45) is 24.0. The van der Waals surface area contributed by atoms with Gasteiger partial charge in [0.15, 0.2) is 0 Å². The first-order valence-electron chi connectivity index (χ1n) is 18.4. The Kier molecular flexibility index (Phi) is 45.4. The van der Waals surface area contributed by atoms with Crippen molar-refractivity contribution < 1.29 is 14.1 Å². The lowest BCUT2D eigenvalue weighted by Gasteiger charge is -2.39. The summed E-state index contributed by atoms with van der Waals surface area (Å²) in [6.45, 7) is 36.9. The van der Waals surface area contributed by atoms with Crippen molar-refractivity contribution in [2.24, 2.45) is 0 Å². The molecule has 4 heteroatoms. The van der Waals surface area contributed by atoms with E-state index in [9.17, 15) is 5.11 Å². The maximum atomic E-state index is 9.53. The molecule has 0 bridgehead atoms. The summed E-state index contributed by atoms with van der Waals surface area (Å²) in [5.41, 5.74) is 0. The number of hydrogen-bond acceptors (Lipinski definition) is 2. The van der Waals surface area contributed by atoms with E-state index in [-0.39, 0.29) is 6.61 Å². The van der Waals surface area contributed by atoms with Crippen LogP contribution >= 0.6 is 0 Å². The fraction of sp³-hybridized carbons (Fsp3) is 0.973. The van der Waals surface area contributed by atoms with Crippen molar-refractivity contribution in [2.45, 2.75) is 178 Å². The molecule has 0 heterocycles. The van der Waals surface area contributed by atoms with Crippen LogP contribution in [0.1, 0.15) is 178 Å². The van der Waals surface area contributed by atoms with E-state index >= 15 is 0 Å². The molecule has 0 atom stereocenters. The number of quaternary nitrogens is 2. The van der Waals surface area contributed by atoms with E-state index < -0.39 is 0 Å². The van der Waals surface area contributed by atoms with Gasteiger partial charge in [0.1, 0.15) is 0 Å². The minimum Gasteiger partial charge on any atom is -0.854 e. The lowest BCUT2D eigenvalue weighted by atomic mass is 10.1. The number of unbranched alkanes of at least 4 members (excludes halogenated alkanes) is 9. The Morgan fingerprint density at radius 1 is 0.341 bits per heavy atom. The quantitative estimate of drug-likeness (QED) is 0.0751. The van der Waals surface area contributed by atoms with Gasteiger partial charge in [-0.1, -0.05) is 127 Å². The van der Waals surface area contributed by atoms with Gasteiger partial charge in [-0.25, -0.2) is 0 Å². The number of nitrogens with zero attached hydrogens (tertiary/aromatic N) is 3. The van der Waals surface area contributed by atoms with Crippen LogP contribution in [0.25, 0.3) is 0 Å². The van der Waals surface area contributed by atoms with E-state index in [0.29, 0.717) is 0 Å². The van der Waals surface area contributed by atoms with Crippen molar-refractivity contribution in [3.63, 3.8) is 0 Å². The maximum Gasteiger partial charge on any atom is 0.0786 e. The zero-order chi connectivity index (χ0) is 32.1.